The molecule has 35 N–H and O–H groups in total. The van der Waals surface area contributed by atoms with Crippen LogP contribution in [0, 0.1) is 56.1 Å². The summed E-state index contributed by atoms with van der Waals surface area (Å²) in [5, 5.41) is 270. The Hall–Kier alpha value is -13.5. The number of benzene rings is 2. The number of nitrogens with two attached hydrogens (primary N) is 3. The lowest BCUT2D eigenvalue weighted by atomic mass is 10.0. The Morgan fingerprint density at radius 1 is 0.362 bits per heavy atom. The molecule has 0 aliphatic heterocycles. The number of imidazole rings is 1. The van der Waals surface area contributed by atoms with Crippen LogP contribution in [0.25, 0.3) is 0 Å². The summed E-state index contributed by atoms with van der Waals surface area (Å²) < 4.78 is 0. The van der Waals surface area contributed by atoms with Gasteiger partial charge in [0.2, 0.25) is 76.7 Å². The van der Waals surface area contributed by atoms with Crippen LogP contribution in [0.15, 0.2) is 126 Å². The maximum atomic E-state index is 12.3. The lowest BCUT2D eigenvalue weighted by Gasteiger charge is -2.22. The minimum absolute atomic E-state index is 0.00172. The predicted octanol–water partition coefficient (Wildman–Crippen LogP) is 8.23. The van der Waals surface area contributed by atoms with E-state index in [4.69, 9.17) is 49.7 Å². The van der Waals surface area contributed by atoms with E-state index < -0.39 is 204 Å². The second-order valence-corrected chi connectivity index (χ2v) is 31.9. The highest BCUT2D eigenvalue weighted by Crippen LogP contribution is 2.24. The molecule has 0 fully saturated rings. The molecule has 0 amide bonds. The Labute approximate surface area is 736 Å². The number of hydrogen-bond donors (Lipinski definition) is 32. The lowest BCUT2D eigenvalue weighted by Crippen LogP contribution is -2.36. The Morgan fingerprint density at radius 2 is 0.654 bits per heavy atom. The number of aromatic hydroxyl groups is 2. The molecule has 0 radical (unpaired) electrons. The largest absolute Gasteiger partial charge is 0.508 e. The molecule has 14 unspecified atom stereocenters. The van der Waals surface area contributed by atoms with E-state index in [0.29, 0.717) is 16.8 Å². The van der Waals surface area contributed by atoms with Crippen LogP contribution >= 0.6 is 0 Å². The highest BCUT2D eigenvalue weighted by molar-refractivity contribution is 5.97. The summed E-state index contributed by atoms with van der Waals surface area (Å²) in [4.78, 5) is 62.9. The van der Waals surface area contributed by atoms with Crippen molar-refractivity contribution in [3.05, 3.63) is 77.9 Å². The van der Waals surface area contributed by atoms with Crippen LogP contribution in [0.3, 0.4) is 0 Å². The first kappa shape index (κ1) is 108. The molecule has 0 aliphatic rings. The minimum atomic E-state index is -1.91. The number of nitrogens with zero attached hydrogens (tertiary/aromatic N) is 14. The summed E-state index contributed by atoms with van der Waals surface area (Å²) >= 11 is 0. The predicted molar refractivity (Wildman–Crippen MR) is 494 cm³/mol. The molecular weight excluding hydrogens is 1660 g/mol. The summed E-state index contributed by atoms with van der Waals surface area (Å²) in [6, 6.07) is -8.82. The van der Waals surface area contributed by atoms with Gasteiger partial charge in [-0.1, -0.05) is 79.7 Å². The Balaban J connectivity index is 2.32. The van der Waals surface area contributed by atoms with Gasteiger partial charge in [-0.2, -0.15) is 0 Å². The normalized spacial score (nSPS) is 17.1. The van der Waals surface area contributed by atoms with Gasteiger partial charge in [0.25, 0.3) is 0 Å². The summed E-state index contributed by atoms with van der Waals surface area (Å²) in [5.41, 5.74) is 17.8. The van der Waals surface area contributed by atoms with Crippen molar-refractivity contribution in [2.75, 3.05) is 19.6 Å². The van der Waals surface area contributed by atoms with Crippen LogP contribution in [-0.4, -0.2) is 324 Å². The van der Waals surface area contributed by atoms with Crippen molar-refractivity contribution in [1.82, 2.24) is 25.9 Å². The first-order valence-electron chi connectivity index (χ1n) is 41.3. The maximum absolute atomic E-state index is 12.3. The van der Waals surface area contributed by atoms with Crippen molar-refractivity contribution >= 4 is 112 Å². The van der Waals surface area contributed by atoms with E-state index in [-0.39, 0.29) is 150 Å². The van der Waals surface area contributed by atoms with Gasteiger partial charge >= 0.3 is 0 Å². The topological polar surface area (TPSA) is 831 Å². The van der Waals surface area contributed by atoms with Crippen molar-refractivity contribution in [2.24, 2.45) is 106 Å². The van der Waals surface area contributed by atoms with E-state index in [0.717, 1.165) is 6.92 Å². The van der Waals surface area contributed by atoms with Crippen molar-refractivity contribution in [2.45, 2.75) is 257 Å². The molecule has 2 aromatic carbocycles. The molecule has 46 heteroatoms. The van der Waals surface area contributed by atoms with Gasteiger partial charge in [0.15, 0.2) is 41.6 Å². The van der Waals surface area contributed by atoms with Crippen molar-refractivity contribution in [3.8, 4) is 11.5 Å². The molecule has 0 spiro atoms. The number of nitrogens with one attached hydrogen (secondary N) is 10. The van der Waals surface area contributed by atoms with E-state index in [1.807, 2.05) is 13.8 Å². The number of aliphatic imine (C=N–C) groups is 13. The fourth-order valence-electron chi connectivity index (χ4n) is 12.3. The van der Waals surface area contributed by atoms with Crippen LogP contribution in [-0.2, 0) is 19.3 Å². The van der Waals surface area contributed by atoms with E-state index in [2.05, 4.69) is 90.8 Å². The average molecular weight is 1790 g/mol. The zero-order valence-corrected chi connectivity index (χ0v) is 73.1. The van der Waals surface area contributed by atoms with Gasteiger partial charge in [-0.05, 0) is 137 Å². The van der Waals surface area contributed by atoms with Crippen LogP contribution in [0.4, 0.5) is 0 Å². The molecule has 46 nitrogen and oxygen atoms in total. The molecule has 0 bridgehead atoms. The maximum Gasteiger partial charge on any atom is 0.209 e. The molecule has 127 heavy (non-hydrogen) atoms. The molecule has 0 aliphatic carbocycles. The average Bonchev–Trinajstić information content (AvgIpc) is 0.941. The van der Waals surface area contributed by atoms with Crippen LogP contribution in [0.1, 0.15) is 170 Å². The molecule has 0 saturated heterocycles. The quantitative estimate of drug-likeness (QED) is 0.0144. The standard InChI is InChI=1S/C81H131N27O19/c1-40(2)30-56(96-45(10)110)71(120)98-52(15-12-28-93-80(87)88)69(118)106-61(36-48-38-91-39-95-48)75(124)105-60(35-47-19-23-50(112)24-20-47)74(123)102-58(32-42(5)6)73(122)107-62(37-64(83)114)76(125)103-57(31-41(3)4)72(121)104-59(33-43(7)8)77(126)108-65(44(9)109)78(127)100-53(16-13-29-94-81(89)90)67(116)99-54(25-26-63(82)113)70(119)97-51(14-11-27-92-79(85)86)68(117)101-55(66(84)115)34-46-17-21-49(111)22-18-46/h17-24,38-44,51-62,65,109,111-112H,11-16,25-37H2,1-10H3,(H2,82,113)(H2,83,114)(H2,84,115)(H,91,95)(H,96,110)(H,97,119)(H,98,120)(H,99,116)(H,100,127)(H,101,117)(H,102,123)(H,103,125)(H,104,121)(H,105,124)(H,106,118)(H,107,122)(H,108,126)(H4,85,86,92)(H4,87,88,93)(H4,89,90,94). The van der Waals surface area contributed by atoms with Crippen LogP contribution in [0.2, 0.25) is 0 Å². The minimum Gasteiger partial charge on any atom is -0.508 e. The highest BCUT2D eigenvalue weighted by atomic mass is 16.3. The molecular formula is C81H131N27O19. The van der Waals surface area contributed by atoms with E-state index in [1.165, 1.54) is 68.0 Å². The van der Waals surface area contributed by atoms with Gasteiger partial charge in [0, 0.05) is 64.1 Å². The number of phenolic OH excluding ortho intramolecular Hbond substituents is 2. The van der Waals surface area contributed by atoms with Crippen molar-refractivity contribution in [3.63, 3.8) is 0 Å². The second kappa shape index (κ2) is 55.0. The van der Waals surface area contributed by atoms with Crippen molar-refractivity contribution < 1.29 is 97.0 Å². The number of hydrogen-bond acceptors (Lipinski definition) is 23. The summed E-state index contributed by atoms with van der Waals surface area (Å²) in [6.07, 6.45) is -1.79. The number of guanidine groups is 3. The number of aliphatic hydroxyl groups is 17. The molecule has 0 saturated carbocycles. The Morgan fingerprint density at radius 3 is 0.976 bits per heavy atom. The first-order chi connectivity index (χ1) is 59.6. The van der Waals surface area contributed by atoms with Crippen molar-refractivity contribution in [1.29, 1.82) is 32.5 Å². The highest BCUT2D eigenvalue weighted by Gasteiger charge is 2.34. The monoisotopic (exact) mass is 1790 g/mol. The van der Waals surface area contributed by atoms with Gasteiger partial charge in [-0.25, -0.2) is 69.9 Å². The van der Waals surface area contributed by atoms with Gasteiger partial charge in [-0.3, -0.25) is 32.5 Å². The van der Waals surface area contributed by atoms with Crippen LogP contribution < -0.4 is 33.2 Å². The zero-order valence-electron chi connectivity index (χ0n) is 73.1. The fourth-order valence-corrected chi connectivity index (χ4v) is 12.3. The summed E-state index contributed by atoms with van der Waals surface area (Å²) in [6.45, 7) is 16.6. The number of aromatic amines is 1. The number of rotatable bonds is 58. The molecule has 1 aromatic heterocycles. The fraction of sp³-hybridized carbons (Fsp3) is 0.580. The van der Waals surface area contributed by atoms with Gasteiger partial charge in [0.1, 0.15) is 84.0 Å². The van der Waals surface area contributed by atoms with E-state index in [1.54, 1.807) is 41.5 Å². The molecule has 1 heterocycles. The summed E-state index contributed by atoms with van der Waals surface area (Å²) in [5.74, 6) is -16.3. The Kier molecular flexibility index (Phi) is 46.7. The third-order valence-electron chi connectivity index (χ3n) is 18.5. The van der Waals surface area contributed by atoms with Gasteiger partial charge < -0.3 is 135 Å². The van der Waals surface area contributed by atoms with E-state index in [9.17, 15) is 97.0 Å². The lowest BCUT2D eigenvalue weighted by molar-refractivity contribution is 0.178. The molecule has 3 aromatic rings. The number of phenols is 2. The van der Waals surface area contributed by atoms with Gasteiger partial charge in [0.05, 0.1) is 18.9 Å². The Bertz CT molecular complexity index is 4430. The van der Waals surface area contributed by atoms with Crippen LogP contribution in [0.5, 0.6) is 11.5 Å². The van der Waals surface area contributed by atoms with E-state index >= 15 is 0 Å². The number of aliphatic hydroxyl groups excluding tert-OH is 17. The molecule has 14 atom stereocenters. The second-order valence-electron chi connectivity index (χ2n) is 31.9. The molecule has 704 valence electrons. The number of H-pyrrole nitrogens is 1. The number of aromatic nitrogens is 2. The third-order valence-corrected chi connectivity index (χ3v) is 18.5. The SMILES string of the molecule is CC(O)=NC(CC(C)C)C(O)=NC(CCCNC(=N)N)C(O)=NC(Cc1cnc[nH]1)C(O)=NC(Cc1ccc(O)cc1)C(O)=NC(CC(C)C)C(O)=NC(CC(=N)O)C(O)=NC(CC(C)C)C(O)=NC(CC(C)C)C(O)=NC(C(O)=NC(CCCNC(=N)N)C(O)=NC(CCC(=N)O)C(O)=NC(CCCNC(=N)N)C(O)=NC(Cc1ccc(O)cc1)C(=N)O)C(C)O. The zero-order chi connectivity index (χ0) is 95.5. The molecule has 3 rings (SSSR count). The first-order valence-corrected chi connectivity index (χ1v) is 41.3. The smallest absolute Gasteiger partial charge is 0.209 e. The third kappa shape index (κ3) is 42.7. The van der Waals surface area contributed by atoms with Gasteiger partial charge in [-0.15, -0.1) is 0 Å². The summed E-state index contributed by atoms with van der Waals surface area (Å²) in [7, 11) is 0.